The number of hydrogen-bond acceptors (Lipinski definition) is 7. The van der Waals surface area contributed by atoms with E-state index in [1.165, 1.54) is 30.3 Å². The highest BCUT2D eigenvalue weighted by molar-refractivity contribution is 5.81. The summed E-state index contributed by atoms with van der Waals surface area (Å²) in [6.07, 6.45) is 2.83. The Morgan fingerprint density at radius 1 is 1.38 bits per heavy atom. The van der Waals surface area contributed by atoms with Crippen molar-refractivity contribution in [1.82, 2.24) is 10.2 Å². The number of benzene rings is 1. The molecule has 0 spiro atoms. The summed E-state index contributed by atoms with van der Waals surface area (Å²) in [6.45, 7) is 1.56. The molecule has 0 radical (unpaired) electrons. The number of allylic oxidation sites excluding steroid dienone is 1. The van der Waals surface area contributed by atoms with Crippen molar-refractivity contribution in [3.8, 4) is 11.5 Å². The first-order valence-corrected chi connectivity index (χ1v) is 5.97. The molecule has 0 unspecified atom stereocenters. The number of nitro groups is 1. The molecule has 0 saturated heterocycles. The summed E-state index contributed by atoms with van der Waals surface area (Å²) < 4.78 is 10.2. The molecular weight excluding hydrogens is 278 g/mol. The van der Waals surface area contributed by atoms with Crippen LogP contribution in [0.25, 0.3) is 11.5 Å². The fourth-order valence-corrected chi connectivity index (χ4v) is 1.47. The second kappa shape index (κ2) is 6.42. The van der Waals surface area contributed by atoms with E-state index in [2.05, 4.69) is 10.2 Å². The molecular formula is C13H11N3O5. The summed E-state index contributed by atoms with van der Waals surface area (Å²) in [5.41, 5.74) is 0.512. The van der Waals surface area contributed by atoms with Crippen molar-refractivity contribution in [3.05, 3.63) is 52.4 Å². The molecule has 8 heteroatoms. The average molecular weight is 289 g/mol. The fraction of sp³-hybridized carbons (Fsp3) is 0.154. The van der Waals surface area contributed by atoms with Gasteiger partial charge in [-0.15, -0.1) is 10.2 Å². The lowest BCUT2D eigenvalue weighted by atomic mass is 10.2. The zero-order valence-corrected chi connectivity index (χ0v) is 11.1. The third-order valence-electron chi connectivity index (χ3n) is 2.43. The Hall–Kier alpha value is -3.03. The van der Waals surface area contributed by atoms with Crippen molar-refractivity contribution >= 4 is 11.7 Å². The van der Waals surface area contributed by atoms with Gasteiger partial charge in [0.15, 0.2) is 6.61 Å². The van der Waals surface area contributed by atoms with Crippen LogP contribution in [0.2, 0.25) is 0 Å². The number of rotatable bonds is 5. The van der Waals surface area contributed by atoms with E-state index >= 15 is 0 Å². The standard InChI is InChI=1S/C13H11N3O5/c1-2-3-12(17)20-8-11-14-15-13(21-11)9-4-6-10(7-5-9)16(18)19/h2-7H,8H2,1H3/b3-2+. The Bertz CT molecular complexity index is 675. The third-order valence-corrected chi connectivity index (χ3v) is 2.43. The second-order valence-electron chi connectivity index (χ2n) is 3.91. The van der Waals surface area contributed by atoms with Crippen molar-refractivity contribution < 1.29 is 18.9 Å². The van der Waals surface area contributed by atoms with Crippen LogP contribution in [-0.2, 0) is 16.1 Å². The van der Waals surface area contributed by atoms with Gasteiger partial charge in [0.2, 0.25) is 5.89 Å². The molecule has 0 atom stereocenters. The summed E-state index contributed by atoms with van der Waals surface area (Å²) in [6, 6.07) is 5.68. The van der Waals surface area contributed by atoms with Gasteiger partial charge in [0.25, 0.3) is 11.6 Å². The van der Waals surface area contributed by atoms with Crippen LogP contribution in [0.15, 0.2) is 40.8 Å². The number of non-ortho nitro benzene ring substituents is 1. The maximum atomic E-state index is 11.1. The highest BCUT2D eigenvalue weighted by Crippen LogP contribution is 2.21. The maximum absolute atomic E-state index is 11.1. The molecule has 1 aromatic carbocycles. The van der Waals surface area contributed by atoms with Crippen molar-refractivity contribution in [2.75, 3.05) is 0 Å². The zero-order chi connectivity index (χ0) is 15.2. The topological polar surface area (TPSA) is 108 Å². The second-order valence-corrected chi connectivity index (χ2v) is 3.91. The van der Waals surface area contributed by atoms with E-state index in [4.69, 9.17) is 9.15 Å². The monoisotopic (exact) mass is 289 g/mol. The first-order chi connectivity index (χ1) is 10.1. The minimum absolute atomic E-state index is 0.0289. The maximum Gasteiger partial charge on any atom is 0.330 e. The molecule has 1 heterocycles. The first kappa shape index (κ1) is 14.4. The number of ether oxygens (including phenoxy) is 1. The first-order valence-electron chi connectivity index (χ1n) is 5.97. The van der Waals surface area contributed by atoms with Gasteiger partial charge in [-0.2, -0.15) is 0 Å². The molecule has 21 heavy (non-hydrogen) atoms. The van der Waals surface area contributed by atoms with E-state index < -0.39 is 10.9 Å². The van der Waals surface area contributed by atoms with E-state index in [0.29, 0.717) is 5.56 Å². The number of nitro benzene ring substituents is 1. The molecule has 0 bridgehead atoms. The molecule has 0 saturated carbocycles. The average Bonchev–Trinajstić information content (AvgIpc) is 2.94. The predicted molar refractivity (Wildman–Crippen MR) is 71.0 cm³/mol. The molecule has 1 aromatic heterocycles. The highest BCUT2D eigenvalue weighted by atomic mass is 16.6. The van der Waals surface area contributed by atoms with Gasteiger partial charge in [-0.3, -0.25) is 10.1 Å². The minimum atomic E-state index is -0.507. The molecule has 0 aliphatic rings. The van der Waals surface area contributed by atoms with Crippen LogP contribution in [0, 0.1) is 10.1 Å². The van der Waals surface area contributed by atoms with Gasteiger partial charge < -0.3 is 9.15 Å². The Morgan fingerprint density at radius 3 is 2.71 bits per heavy atom. The van der Waals surface area contributed by atoms with Crippen molar-refractivity contribution in [2.24, 2.45) is 0 Å². The summed E-state index contributed by atoms with van der Waals surface area (Å²) in [5, 5.41) is 18.1. The lowest BCUT2D eigenvalue weighted by Gasteiger charge is -1.96. The van der Waals surface area contributed by atoms with E-state index in [-0.39, 0.29) is 24.1 Å². The van der Waals surface area contributed by atoms with E-state index in [1.54, 1.807) is 13.0 Å². The Balaban J connectivity index is 2.05. The molecule has 0 amide bonds. The molecule has 2 rings (SSSR count). The predicted octanol–water partition coefficient (Wildman–Crippen LogP) is 2.26. The van der Waals surface area contributed by atoms with Gasteiger partial charge in [-0.05, 0) is 19.1 Å². The van der Waals surface area contributed by atoms with Crippen LogP contribution in [-0.4, -0.2) is 21.1 Å². The van der Waals surface area contributed by atoms with Crippen LogP contribution < -0.4 is 0 Å². The SMILES string of the molecule is C/C=C/C(=O)OCc1nnc(-c2ccc([N+](=O)[O-])cc2)o1. The van der Waals surface area contributed by atoms with Crippen molar-refractivity contribution in [1.29, 1.82) is 0 Å². The lowest BCUT2D eigenvalue weighted by molar-refractivity contribution is -0.384. The quantitative estimate of drug-likeness (QED) is 0.359. The van der Waals surface area contributed by atoms with Crippen molar-refractivity contribution in [2.45, 2.75) is 13.5 Å². The number of nitrogens with zero attached hydrogens (tertiary/aromatic N) is 3. The summed E-state index contributed by atoms with van der Waals surface area (Å²) in [7, 11) is 0. The molecule has 108 valence electrons. The van der Waals surface area contributed by atoms with Gasteiger partial charge in [0.05, 0.1) is 4.92 Å². The lowest BCUT2D eigenvalue weighted by Crippen LogP contribution is -2.00. The zero-order valence-electron chi connectivity index (χ0n) is 11.1. The number of carbonyl (C=O) groups excluding carboxylic acids is 1. The van der Waals surface area contributed by atoms with Gasteiger partial charge in [-0.1, -0.05) is 6.08 Å². The largest absolute Gasteiger partial charge is 0.452 e. The van der Waals surface area contributed by atoms with Gasteiger partial charge >= 0.3 is 5.97 Å². The molecule has 8 nitrogen and oxygen atoms in total. The van der Waals surface area contributed by atoms with E-state index in [1.807, 2.05) is 0 Å². The molecule has 0 fully saturated rings. The summed E-state index contributed by atoms with van der Waals surface area (Å²) >= 11 is 0. The number of hydrogen-bond donors (Lipinski definition) is 0. The number of aromatic nitrogens is 2. The van der Waals surface area contributed by atoms with Crippen LogP contribution in [0.3, 0.4) is 0 Å². The minimum Gasteiger partial charge on any atom is -0.452 e. The molecule has 0 N–H and O–H groups in total. The van der Waals surface area contributed by atoms with Crippen LogP contribution >= 0.6 is 0 Å². The summed E-state index contributed by atoms with van der Waals surface area (Å²) in [4.78, 5) is 21.2. The Kier molecular flexibility index (Phi) is 4.39. The van der Waals surface area contributed by atoms with E-state index in [9.17, 15) is 14.9 Å². The Labute approximate surface area is 119 Å². The summed E-state index contributed by atoms with van der Waals surface area (Å²) in [5.74, 6) is -0.171. The van der Waals surface area contributed by atoms with Gasteiger partial charge in [-0.25, -0.2) is 4.79 Å². The number of carbonyl (C=O) groups is 1. The molecule has 2 aromatic rings. The molecule has 0 aliphatic heterocycles. The highest BCUT2D eigenvalue weighted by Gasteiger charge is 2.11. The van der Waals surface area contributed by atoms with Crippen molar-refractivity contribution in [3.63, 3.8) is 0 Å². The number of esters is 1. The molecule has 0 aliphatic carbocycles. The van der Waals surface area contributed by atoms with Gasteiger partial charge in [0, 0.05) is 23.8 Å². The fourth-order valence-electron chi connectivity index (χ4n) is 1.47. The van der Waals surface area contributed by atoms with Crippen LogP contribution in [0.1, 0.15) is 12.8 Å². The third kappa shape index (κ3) is 3.72. The van der Waals surface area contributed by atoms with Crippen LogP contribution in [0.5, 0.6) is 0 Å². The van der Waals surface area contributed by atoms with E-state index in [0.717, 1.165) is 0 Å². The smallest absolute Gasteiger partial charge is 0.330 e. The van der Waals surface area contributed by atoms with Crippen LogP contribution in [0.4, 0.5) is 5.69 Å². The normalized spacial score (nSPS) is 10.7. The van der Waals surface area contributed by atoms with Gasteiger partial charge in [0.1, 0.15) is 0 Å². The Morgan fingerprint density at radius 2 is 2.10 bits per heavy atom.